The summed E-state index contributed by atoms with van der Waals surface area (Å²) in [6.45, 7) is 2.07. The van der Waals surface area contributed by atoms with Gasteiger partial charge in [-0.25, -0.2) is 4.79 Å². The lowest BCUT2D eigenvalue weighted by Gasteiger charge is -2.24. The van der Waals surface area contributed by atoms with Crippen LogP contribution in [0.1, 0.15) is 24.1 Å². The van der Waals surface area contributed by atoms with Crippen molar-refractivity contribution in [2.75, 3.05) is 6.61 Å². The van der Waals surface area contributed by atoms with Gasteiger partial charge < -0.3 is 15.2 Å². The smallest absolute Gasteiger partial charge is 0.407 e. The third-order valence-corrected chi connectivity index (χ3v) is 4.10. The molecule has 2 unspecified atom stereocenters. The van der Waals surface area contributed by atoms with Gasteiger partial charge in [0.15, 0.2) is 0 Å². The van der Waals surface area contributed by atoms with E-state index < -0.39 is 6.09 Å². The lowest BCUT2D eigenvalue weighted by molar-refractivity contribution is 0.126. The largest absolute Gasteiger partial charge is 0.445 e. The van der Waals surface area contributed by atoms with Gasteiger partial charge in [0.25, 0.3) is 0 Å². The summed E-state index contributed by atoms with van der Waals surface area (Å²) in [7, 11) is 0. The summed E-state index contributed by atoms with van der Waals surface area (Å²) < 4.78 is 6.22. The van der Waals surface area contributed by atoms with Gasteiger partial charge in [0.1, 0.15) is 6.61 Å². The van der Waals surface area contributed by atoms with Gasteiger partial charge in [-0.3, -0.25) is 0 Å². The molecular formula is C18H20BrNO3. The van der Waals surface area contributed by atoms with Gasteiger partial charge in [-0.2, -0.15) is 0 Å². The summed E-state index contributed by atoms with van der Waals surface area (Å²) in [4.78, 5) is 12.1. The molecule has 0 spiro atoms. The highest BCUT2D eigenvalue weighted by Gasteiger charge is 2.21. The molecule has 5 heteroatoms. The van der Waals surface area contributed by atoms with Crippen LogP contribution in [0.3, 0.4) is 0 Å². The number of aliphatic hydroxyl groups excluding tert-OH is 1. The fourth-order valence-electron chi connectivity index (χ4n) is 2.22. The van der Waals surface area contributed by atoms with E-state index in [2.05, 4.69) is 21.2 Å². The van der Waals surface area contributed by atoms with Crippen molar-refractivity contribution in [1.29, 1.82) is 0 Å². The van der Waals surface area contributed by atoms with E-state index in [0.717, 1.165) is 15.6 Å². The van der Waals surface area contributed by atoms with Gasteiger partial charge in [-0.1, -0.05) is 65.3 Å². The average molecular weight is 378 g/mol. The van der Waals surface area contributed by atoms with Crippen LogP contribution >= 0.6 is 15.9 Å². The van der Waals surface area contributed by atoms with Crippen LogP contribution in [0.4, 0.5) is 4.79 Å². The number of aliphatic hydroxyl groups is 1. The maximum absolute atomic E-state index is 12.1. The number of alkyl carbamates (subject to hydrolysis) is 1. The number of ether oxygens (including phenoxy) is 1. The molecule has 0 saturated carbocycles. The van der Waals surface area contributed by atoms with Crippen molar-refractivity contribution in [1.82, 2.24) is 5.32 Å². The molecule has 4 nitrogen and oxygen atoms in total. The molecule has 122 valence electrons. The molecule has 2 rings (SSSR count). The van der Waals surface area contributed by atoms with E-state index in [1.54, 1.807) is 0 Å². The zero-order valence-electron chi connectivity index (χ0n) is 12.9. The van der Waals surface area contributed by atoms with Crippen molar-refractivity contribution < 1.29 is 14.6 Å². The molecule has 0 aliphatic rings. The van der Waals surface area contributed by atoms with Crippen molar-refractivity contribution in [3.8, 4) is 0 Å². The SMILES string of the molecule is CC(CO)C(NC(=O)OCc1ccccc1)c1ccc(Br)cc1. The average Bonchev–Trinajstić information content (AvgIpc) is 2.59. The maximum Gasteiger partial charge on any atom is 0.407 e. The van der Waals surface area contributed by atoms with E-state index >= 15 is 0 Å². The molecular weight excluding hydrogens is 358 g/mol. The fourth-order valence-corrected chi connectivity index (χ4v) is 2.49. The molecule has 0 fully saturated rings. The quantitative estimate of drug-likeness (QED) is 0.798. The molecule has 2 atom stereocenters. The van der Waals surface area contributed by atoms with Crippen molar-refractivity contribution in [2.45, 2.75) is 19.6 Å². The topological polar surface area (TPSA) is 58.6 Å². The summed E-state index contributed by atoms with van der Waals surface area (Å²) in [5.41, 5.74) is 1.85. The Hall–Kier alpha value is -1.85. The maximum atomic E-state index is 12.1. The van der Waals surface area contributed by atoms with Gasteiger partial charge in [0, 0.05) is 17.0 Å². The molecule has 23 heavy (non-hydrogen) atoms. The lowest BCUT2D eigenvalue weighted by Crippen LogP contribution is -2.34. The minimum absolute atomic E-state index is 0.0281. The Morgan fingerprint density at radius 1 is 1.17 bits per heavy atom. The predicted molar refractivity (Wildman–Crippen MR) is 92.9 cm³/mol. The van der Waals surface area contributed by atoms with Crippen molar-refractivity contribution in [3.05, 3.63) is 70.2 Å². The normalized spacial score (nSPS) is 13.2. The molecule has 0 heterocycles. The number of hydrogen-bond acceptors (Lipinski definition) is 3. The Balaban J connectivity index is 1.99. The first kappa shape index (κ1) is 17.5. The molecule has 1 amide bonds. The molecule has 2 aromatic carbocycles. The third kappa shape index (κ3) is 5.37. The second-order valence-electron chi connectivity index (χ2n) is 5.40. The number of nitrogens with one attached hydrogen (secondary N) is 1. The van der Waals surface area contributed by atoms with E-state index in [4.69, 9.17) is 4.74 Å². The standard InChI is InChI=1S/C18H20BrNO3/c1-13(11-21)17(15-7-9-16(19)10-8-15)20-18(22)23-12-14-5-3-2-4-6-14/h2-10,13,17,21H,11-12H2,1H3,(H,20,22). The molecule has 0 bridgehead atoms. The van der Waals surface area contributed by atoms with Crippen LogP contribution in [-0.4, -0.2) is 17.8 Å². The van der Waals surface area contributed by atoms with Gasteiger partial charge >= 0.3 is 6.09 Å². The van der Waals surface area contributed by atoms with Gasteiger partial charge in [0.2, 0.25) is 0 Å². The summed E-state index contributed by atoms with van der Waals surface area (Å²) in [5.74, 6) is -0.125. The van der Waals surface area contributed by atoms with Gasteiger partial charge in [0.05, 0.1) is 6.04 Å². The molecule has 0 aliphatic carbocycles. The summed E-state index contributed by atoms with van der Waals surface area (Å²) >= 11 is 3.39. The highest BCUT2D eigenvalue weighted by atomic mass is 79.9. The minimum Gasteiger partial charge on any atom is -0.445 e. The zero-order valence-corrected chi connectivity index (χ0v) is 14.5. The van der Waals surface area contributed by atoms with E-state index in [9.17, 15) is 9.90 Å². The van der Waals surface area contributed by atoms with E-state index in [-0.39, 0.29) is 25.2 Å². The van der Waals surface area contributed by atoms with Crippen LogP contribution in [0.25, 0.3) is 0 Å². The highest BCUT2D eigenvalue weighted by molar-refractivity contribution is 9.10. The van der Waals surface area contributed by atoms with Crippen molar-refractivity contribution in [2.24, 2.45) is 5.92 Å². The monoisotopic (exact) mass is 377 g/mol. The summed E-state index contributed by atoms with van der Waals surface area (Å²) in [6.07, 6.45) is -0.498. The van der Waals surface area contributed by atoms with Crippen LogP contribution < -0.4 is 5.32 Å². The Labute approximate surface area is 144 Å². The highest BCUT2D eigenvalue weighted by Crippen LogP contribution is 2.23. The second kappa shape index (κ2) is 8.70. The predicted octanol–water partition coefficient (Wildman–Crippen LogP) is 4.05. The number of amides is 1. The number of benzene rings is 2. The minimum atomic E-state index is -0.498. The van der Waals surface area contributed by atoms with Crippen LogP contribution in [0.15, 0.2) is 59.1 Å². The number of rotatable bonds is 6. The van der Waals surface area contributed by atoms with Crippen LogP contribution in [0, 0.1) is 5.92 Å². The van der Waals surface area contributed by atoms with Crippen LogP contribution in [-0.2, 0) is 11.3 Å². The molecule has 0 aliphatic heterocycles. The van der Waals surface area contributed by atoms with E-state index in [1.165, 1.54) is 0 Å². The van der Waals surface area contributed by atoms with Crippen molar-refractivity contribution in [3.63, 3.8) is 0 Å². The number of carbonyl (C=O) groups excluding carboxylic acids is 1. The van der Waals surface area contributed by atoms with Gasteiger partial charge in [-0.05, 0) is 23.3 Å². The molecule has 0 saturated heterocycles. The zero-order chi connectivity index (χ0) is 16.7. The van der Waals surface area contributed by atoms with Gasteiger partial charge in [-0.15, -0.1) is 0 Å². The Morgan fingerprint density at radius 3 is 2.43 bits per heavy atom. The Kier molecular flexibility index (Phi) is 6.62. The number of hydrogen-bond donors (Lipinski definition) is 2. The van der Waals surface area contributed by atoms with Crippen LogP contribution in [0.5, 0.6) is 0 Å². The summed E-state index contributed by atoms with van der Waals surface area (Å²) in [6, 6.07) is 16.8. The van der Waals surface area contributed by atoms with E-state index in [1.807, 2.05) is 61.5 Å². The number of carbonyl (C=O) groups is 1. The third-order valence-electron chi connectivity index (χ3n) is 3.57. The second-order valence-corrected chi connectivity index (χ2v) is 6.31. The fraction of sp³-hybridized carbons (Fsp3) is 0.278. The Bertz CT molecular complexity index is 616. The first-order valence-electron chi connectivity index (χ1n) is 7.43. The van der Waals surface area contributed by atoms with E-state index in [0.29, 0.717) is 0 Å². The van der Waals surface area contributed by atoms with Crippen molar-refractivity contribution >= 4 is 22.0 Å². The lowest BCUT2D eigenvalue weighted by atomic mass is 9.95. The first-order valence-corrected chi connectivity index (χ1v) is 8.23. The molecule has 0 aromatic heterocycles. The Morgan fingerprint density at radius 2 is 1.83 bits per heavy atom. The molecule has 2 N–H and O–H groups in total. The van der Waals surface area contributed by atoms with Crippen LogP contribution in [0.2, 0.25) is 0 Å². The molecule has 0 radical (unpaired) electrons. The molecule has 2 aromatic rings. The number of halogens is 1. The summed E-state index contributed by atoms with van der Waals surface area (Å²) in [5, 5.41) is 12.3. The first-order chi connectivity index (χ1) is 11.1.